The molecule has 0 radical (unpaired) electrons. The first kappa shape index (κ1) is 13.8. The lowest BCUT2D eigenvalue weighted by atomic mass is 9.88. The molecule has 0 spiro atoms. The Bertz CT molecular complexity index is 255. The molecule has 16 heavy (non-hydrogen) atoms. The van der Waals surface area contributed by atoms with Gasteiger partial charge in [-0.15, -0.1) is 11.6 Å². The highest BCUT2D eigenvalue weighted by molar-refractivity contribution is 6.19. The maximum atomic E-state index is 12.2. The highest BCUT2D eigenvalue weighted by Gasteiger charge is 2.36. The van der Waals surface area contributed by atoms with Crippen molar-refractivity contribution in [1.29, 1.82) is 0 Å². The predicted octanol–water partition coefficient (Wildman–Crippen LogP) is 2.01. The topological polar surface area (TPSA) is 40.5 Å². The SMILES string of the molecule is CN(C(=O)C(C)(C)CCl)C1CCCCC1O. The van der Waals surface area contributed by atoms with Crippen LogP contribution in [-0.2, 0) is 4.79 Å². The molecule has 0 heterocycles. The van der Waals surface area contributed by atoms with E-state index in [1.165, 1.54) is 0 Å². The van der Waals surface area contributed by atoms with Gasteiger partial charge in [0, 0.05) is 12.9 Å². The quantitative estimate of drug-likeness (QED) is 0.776. The molecule has 0 aliphatic heterocycles. The minimum Gasteiger partial charge on any atom is -0.391 e. The van der Waals surface area contributed by atoms with Crippen LogP contribution in [0.15, 0.2) is 0 Å². The van der Waals surface area contributed by atoms with E-state index in [-0.39, 0.29) is 18.1 Å². The van der Waals surface area contributed by atoms with Gasteiger partial charge in [-0.3, -0.25) is 4.79 Å². The van der Waals surface area contributed by atoms with Crippen LogP contribution in [0.25, 0.3) is 0 Å². The second-order valence-electron chi connectivity index (χ2n) is 5.35. The van der Waals surface area contributed by atoms with Crippen molar-refractivity contribution in [3.8, 4) is 0 Å². The second-order valence-corrected chi connectivity index (χ2v) is 5.62. The lowest BCUT2D eigenvalue weighted by Gasteiger charge is -2.38. The molecule has 1 aliphatic carbocycles. The Hall–Kier alpha value is -0.280. The van der Waals surface area contributed by atoms with Crippen molar-refractivity contribution in [2.75, 3.05) is 12.9 Å². The van der Waals surface area contributed by atoms with Crippen molar-refractivity contribution in [1.82, 2.24) is 4.90 Å². The van der Waals surface area contributed by atoms with E-state index in [9.17, 15) is 9.90 Å². The van der Waals surface area contributed by atoms with Crippen molar-refractivity contribution in [3.05, 3.63) is 0 Å². The lowest BCUT2D eigenvalue weighted by molar-refractivity contribution is -0.143. The molecular weight excluding hydrogens is 226 g/mol. The fourth-order valence-electron chi connectivity index (χ4n) is 2.23. The van der Waals surface area contributed by atoms with Crippen molar-refractivity contribution in [3.63, 3.8) is 0 Å². The summed E-state index contributed by atoms with van der Waals surface area (Å²) in [5.41, 5.74) is -0.548. The van der Waals surface area contributed by atoms with Crippen LogP contribution in [0.2, 0.25) is 0 Å². The average Bonchev–Trinajstić information content (AvgIpc) is 2.27. The van der Waals surface area contributed by atoms with Gasteiger partial charge in [0.2, 0.25) is 5.91 Å². The molecule has 1 aliphatic rings. The first-order chi connectivity index (χ1) is 7.40. The number of alkyl halides is 1. The van der Waals surface area contributed by atoms with Gasteiger partial charge in [-0.1, -0.05) is 12.8 Å². The summed E-state index contributed by atoms with van der Waals surface area (Å²) in [6, 6.07) is -0.0382. The molecule has 1 N–H and O–H groups in total. The Morgan fingerprint density at radius 3 is 2.50 bits per heavy atom. The molecule has 4 heteroatoms. The number of carbonyl (C=O) groups excluding carboxylic acids is 1. The van der Waals surface area contributed by atoms with E-state index in [1.807, 2.05) is 13.8 Å². The van der Waals surface area contributed by atoms with Crippen LogP contribution in [0.4, 0.5) is 0 Å². The monoisotopic (exact) mass is 247 g/mol. The molecule has 2 atom stereocenters. The van der Waals surface area contributed by atoms with Crippen LogP contribution in [0.3, 0.4) is 0 Å². The maximum absolute atomic E-state index is 12.2. The van der Waals surface area contributed by atoms with Crippen LogP contribution < -0.4 is 0 Å². The smallest absolute Gasteiger partial charge is 0.229 e. The van der Waals surface area contributed by atoms with Crippen LogP contribution in [0.1, 0.15) is 39.5 Å². The molecule has 1 amide bonds. The number of likely N-dealkylation sites (N-methyl/N-ethyl adjacent to an activating group) is 1. The number of aliphatic hydroxyl groups is 1. The zero-order chi connectivity index (χ0) is 12.3. The first-order valence-corrected chi connectivity index (χ1v) is 6.45. The zero-order valence-corrected chi connectivity index (χ0v) is 11.1. The Balaban J connectivity index is 2.69. The highest BCUT2D eigenvalue weighted by atomic mass is 35.5. The maximum Gasteiger partial charge on any atom is 0.229 e. The van der Waals surface area contributed by atoms with E-state index in [0.717, 1.165) is 25.7 Å². The van der Waals surface area contributed by atoms with E-state index in [1.54, 1.807) is 11.9 Å². The Labute approximate surface area is 103 Å². The van der Waals surface area contributed by atoms with E-state index in [0.29, 0.717) is 5.88 Å². The van der Waals surface area contributed by atoms with Gasteiger partial charge in [-0.05, 0) is 26.7 Å². The fourth-order valence-corrected chi connectivity index (χ4v) is 2.34. The van der Waals surface area contributed by atoms with Crippen LogP contribution in [-0.4, -0.2) is 41.0 Å². The molecule has 2 unspecified atom stereocenters. The van der Waals surface area contributed by atoms with Gasteiger partial charge >= 0.3 is 0 Å². The summed E-state index contributed by atoms with van der Waals surface area (Å²) in [5, 5.41) is 9.90. The fraction of sp³-hybridized carbons (Fsp3) is 0.917. The summed E-state index contributed by atoms with van der Waals surface area (Å²) in [6.07, 6.45) is 3.44. The Morgan fingerprint density at radius 2 is 2.00 bits per heavy atom. The number of aliphatic hydroxyl groups excluding tert-OH is 1. The lowest BCUT2D eigenvalue weighted by Crippen LogP contribution is -2.50. The van der Waals surface area contributed by atoms with Gasteiger partial charge in [-0.2, -0.15) is 0 Å². The molecular formula is C12H22ClNO2. The molecule has 0 saturated heterocycles. The molecule has 0 aromatic carbocycles. The minimum absolute atomic E-state index is 0.0217. The summed E-state index contributed by atoms with van der Waals surface area (Å²) in [7, 11) is 1.77. The Morgan fingerprint density at radius 1 is 1.44 bits per heavy atom. The summed E-state index contributed by atoms with van der Waals surface area (Å²) < 4.78 is 0. The second kappa shape index (κ2) is 5.37. The van der Waals surface area contributed by atoms with Crippen molar-refractivity contribution in [2.24, 2.45) is 5.41 Å². The van der Waals surface area contributed by atoms with E-state index < -0.39 is 5.41 Å². The molecule has 1 rings (SSSR count). The third kappa shape index (κ3) is 2.89. The summed E-state index contributed by atoms with van der Waals surface area (Å²) in [5.74, 6) is 0.326. The number of rotatable bonds is 3. The molecule has 0 aromatic rings. The van der Waals surface area contributed by atoms with Gasteiger partial charge in [0.1, 0.15) is 0 Å². The van der Waals surface area contributed by atoms with Gasteiger partial charge < -0.3 is 10.0 Å². The largest absolute Gasteiger partial charge is 0.391 e. The van der Waals surface area contributed by atoms with Crippen molar-refractivity contribution < 1.29 is 9.90 Å². The van der Waals surface area contributed by atoms with E-state index >= 15 is 0 Å². The number of carbonyl (C=O) groups is 1. The van der Waals surface area contributed by atoms with Crippen LogP contribution in [0.5, 0.6) is 0 Å². The first-order valence-electron chi connectivity index (χ1n) is 5.91. The third-order valence-electron chi connectivity index (χ3n) is 3.42. The van der Waals surface area contributed by atoms with Crippen molar-refractivity contribution in [2.45, 2.75) is 51.7 Å². The zero-order valence-electron chi connectivity index (χ0n) is 10.4. The molecule has 3 nitrogen and oxygen atoms in total. The highest BCUT2D eigenvalue weighted by Crippen LogP contribution is 2.27. The average molecular weight is 248 g/mol. The third-order valence-corrected chi connectivity index (χ3v) is 4.09. The number of amides is 1. The summed E-state index contributed by atoms with van der Waals surface area (Å²) in [4.78, 5) is 13.9. The number of nitrogens with zero attached hydrogens (tertiary/aromatic N) is 1. The Kier molecular flexibility index (Phi) is 4.62. The van der Waals surface area contributed by atoms with Gasteiger partial charge in [0.15, 0.2) is 0 Å². The number of hydrogen-bond acceptors (Lipinski definition) is 2. The summed E-state index contributed by atoms with van der Waals surface area (Å²) >= 11 is 5.80. The van der Waals surface area contributed by atoms with E-state index in [2.05, 4.69) is 0 Å². The molecule has 94 valence electrons. The van der Waals surface area contributed by atoms with Gasteiger partial charge in [0.25, 0.3) is 0 Å². The van der Waals surface area contributed by atoms with Crippen LogP contribution >= 0.6 is 11.6 Å². The summed E-state index contributed by atoms with van der Waals surface area (Å²) in [6.45, 7) is 3.68. The van der Waals surface area contributed by atoms with Gasteiger partial charge in [-0.25, -0.2) is 0 Å². The predicted molar refractivity (Wildman–Crippen MR) is 65.5 cm³/mol. The molecule has 1 fully saturated rings. The number of halogens is 1. The standard InChI is InChI=1S/C12H22ClNO2/c1-12(2,8-13)11(16)14(3)9-6-4-5-7-10(9)15/h9-10,15H,4-8H2,1-3H3. The minimum atomic E-state index is -0.548. The van der Waals surface area contributed by atoms with Crippen LogP contribution in [0, 0.1) is 5.41 Å². The van der Waals surface area contributed by atoms with E-state index in [4.69, 9.17) is 11.6 Å². The molecule has 0 aromatic heterocycles. The molecule has 0 bridgehead atoms. The number of hydrogen-bond donors (Lipinski definition) is 1. The molecule has 1 saturated carbocycles. The van der Waals surface area contributed by atoms with Gasteiger partial charge in [0.05, 0.1) is 17.6 Å². The van der Waals surface area contributed by atoms with Crippen molar-refractivity contribution >= 4 is 17.5 Å². The normalized spacial score (nSPS) is 26.6.